The molecule has 0 radical (unpaired) electrons. The van der Waals surface area contributed by atoms with Crippen LogP contribution in [0.25, 0.3) is 0 Å². The van der Waals surface area contributed by atoms with Gasteiger partial charge in [-0.1, -0.05) is 33.6 Å². The molecule has 0 unspecified atom stereocenters. The lowest BCUT2D eigenvalue weighted by Crippen LogP contribution is -2.09. The Morgan fingerprint density at radius 1 is 1.25 bits per heavy atom. The van der Waals surface area contributed by atoms with Crippen LogP contribution in [0, 0.1) is 5.92 Å². The van der Waals surface area contributed by atoms with Crippen LogP contribution in [0.5, 0.6) is 0 Å². The number of allylic oxidation sites excluding steroid dienone is 2. The smallest absolute Gasteiger partial charge is 0.333 e. The number of carbonyl (C=O) groups is 2. The summed E-state index contributed by atoms with van der Waals surface area (Å²) in [6.45, 7) is 16.0. The molecule has 0 heterocycles. The first-order valence-corrected chi connectivity index (χ1v) is 4.96. The van der Waals surface area contributed by atoms with Gasteiger partial charge in [-0.2, -0.15) is 0 Å². The Morgan fingerprint density at radius 3 is 1.88 bits per heavy atom. The van der Waals surface area contributed by atoms with Crippen LogP contribution in [0.4, 0.5) is 0 Å². The largest absolute Gasteiger partial charge is 0.462 e. The van der Waals surface area contributed by atoms with Crippen molar-refractivity contribution in [2.75, 3.05) is 6.61 Å². The Bertz CT molecular complexity index is 265. The van der Waals surface area contributed by atoms with Gasteiger partial charge in [0.05, 0.1) is 6.61 Å². The highest BCUT2D eigenvalue weighted by Crippen LogP contribution is 1.97. The van der Waals surface area contributed by atoms with Gasteiger partial charge < -0.3 is 4.74 Å². The predicted octanol–water partition coefficient (Wildman–Crippen LogP) is 2.69. The van der Waals surface area contributed by atoms with Gasteiger partial charge in [-0.3, -0.25) is 4.79 Å². The minimum atomic E-state index is -0.297. The topological polar surface area (TPSA) is 43.4 Å². The second kappa shape index (κ2) is 9.90. The van der Waals surface area contributed by atoms with Gasteiger partial charge in [0, 0.05) is 5.57 Å². The molecule has 0 aliphatic rings. The summed E-state index contributed by atoms with van der Waals surface area (Å²) in [7, 11) is 0. The third-order valence-electron chi connectivity index (χ3n) is 1.30. The average molecular weight is 224 g/mol. The van der Waals surface area contributed by atoms with E-state index in [-0.39, 0.29) is 11.8 Å². The highest BCUT2D eigenvalue weighted by molar-refractivity contribution is 5.98. The number of carbonyl (C=O) groups excluding carboxylic acids is 2. The van der Waals surface area contributed by atoms with Crippen molar-refractivity contribution in [2.45, 2.75) is 20.8 Å². The lowest BCUT2D eigenvalue weighted by molar-refractivity contribution is -0.139. The predicted molar refractivity (Wildman–Crippen MR) is 66.0 cm³/mol. The number of ether oxygens (including phenoxy) is 1. The molecule has 0 fully saturated rings. The van der Waals surface area contributed by atoms with Gasteiger partial charge in [-0.05, 0) is 25.0 Å². The lowest BCUT2D eigenvalue weighted by atomic mass is 10.2. The maximum absolute atomic E-state index is 10.7. The lowest BCUT2D eigenvalue weighted by Gasteiger charge is -2.05. The maximum atomic E-state index is 10.7. The molecule has 0 spiro atoms. The Morgan fingerprint density at radius 2 is 1.69 bits per heavy atom. The molecule has 0 N–H and O–H groups in total. The standard InChI is InChI=1S/C8H14O2.C5H6O/c1-6(2)5-10-8(9)7(3)4;1-3-5(6)4-2/h6H,3,5H2,1-2,4H3;3-4H,1-2H2. The number of esters is 1. The molecule has 16 heavy (non-hydrogen) atoms. The van der Waals surface area contributed by atoms with Gasteiger partial charge in [0.2, 0.25) is 0 Å². The van der Waals surface area contributed by atoms with Crippen LogP contribution in [0.3, 0.4) is 0 Å². The van der Waals surface area contributed by atoms with E-state index in [1.54, 1.807) is 6.92 Å². The van der Waals surface area contributed by atoms with Crippen LogP contribution in [0.1, 0.15) is 20.8 Å². The van der Waals surface area contributed by atoms with Crippen LogP contribution in [0.15, 0.2) is 37.5 Å². The third-order valence-corrected chi connectivity index (χ3v) is 1.30. The average Bonchev–Trinajstić information content (AvgIpc) is 2.25. The maximum Gasteiger partial charge on any atom is 0.333 e. The van der Waals surface area contributed by atoms with Crippen molar-refractivity contribution in [1.82, 2.24) is 0 Å². The first kappa shape index (κ1) is 16.8. The molecular formula is C13H20O3. The summed E-state index contributed by atoms with van der Waals surface area (Å²) in [5, 5.41) is 0. The molecule has 0 amide bonds. The Hall–Kier alpha value is -1.64. The van der Waals surface area contributed by atoms with Crippen LogP contribution < -0.4 is 0 Å². The summed E-state index contributed by atoms with van der Waals surface area (Å²) in [6, 6.07) is 0. The first-order chi connectivity index (χ1) is 7.34. The highest BCUT2D eigenvalue weighted by Gasteiger charge is 2.03. The van der Waals surface area contributed by atoms with E-state index in [9.17, 15) is 9.59 Å². The molecule has 0 aliphatic carbocycles. The normalized spacial score (nSPS) is 8.50. The van der Waals surface area contributed by atoms with E-state index in [2.05, 4.69) is 19.7 Å². The molecule has 0 aromatic heterocycles. The van der Waals surface area contributed by atoms with Crippen molar-refractivity contribution in [2.24, 2.45) is 5.92 Å². The molecule has 3 heteroatoms. The van der Waals surface area contributed by atoms with Crippen molar-refractivity contribution >= 4 is 11.8 Å². The van der Waals surface area contributed by atoms with Crippen molar-refractivity contribution in [3.8, 4) is 0 Å². The van der Waals surface area contributed by atoms with E-state index in [4.69, 9.17) is 4.74 Å². The summed E-state index contributed by atoms with van der Waals surface area (Å²) in [4.78, 5) is 20.7. The summed E-state index contributed by atoms with van der Waals surface area (Å²) >= 11 is 0. The molecular weight excluding hydrogens is 204 g/mol. The van der Waals surface area contributed by atoms with Crippen molar-refractivity contribution in [3.05, 3.63) is 37.5 Å². The van der Waals surface area contributed by atoms with Crippen LogP contribution >= 0.6 is 0 Å². The fourth-order valence-corrected chi connectivity index (χ4v) is 0.449. The molecule has 90 valence electrons. The van der Waals surface area contributed by atoms with Crippen LogP contribution in [-0.4, -0.2) is 18.4 Å². The fraction of sp³-hybridized carbons (Fsp3) is 0.385. The zero-order chi connectivity index (χ0) is 13.1. The third kappa shape index (κ3) is 12.4. The highest BCUT2D eigenvalue weighted by atomic mass is 16.5. The Balaban J connectivity index is 0. The molecule has 0 aliphatic heterocycles. The van der Waals surface area contributed by atoms with Gasteiger partial charge in [0.15, 0.2) is 5.78 Å². The Kier molecular flexibility index (Phi) is 10.4. The van der Waals surface area contributed by atoms with E-state index < -0.39 is 0 Å². The quantitative estimate of drug-likeness (QED) is 0.532. The zero-order valence-electron chi connectivity index (χ0n) is 10.3. The van der Waals surface area contributed by atoms with E-state index in [1.807, 2.05) is 13.8 Å². The van der Waals surface area contributed by atoms with Crippen LogP contribution in [-0.2, 0) is 14.3 Å². The molecule has 0 bridgehead atoms. The summed E-state index contributed by atoms with van der Waals surface area (Å²) in [6.07, 6.45) is 2.43. The second-order valence-corrected chi connectivity index (χ2v) is 3.58. The van der Waals surface area contributed by atoms with Gasteiger partial charge in [-0.15, -0.1) is 0 Å². The SMILES string of the molecule is C=C(C)C(=O)OCC(C)C.C=CC(=O)C=C. The number of hydrogen-bond acceptors (Lipinski definition) is 3. The minimum absolute atomic E-state index is 0.130. The minimum Gasteiger partial charge on any atom is -0.462 e. The molecule has 0 saturated heterocycles. The number of hydrogen-bond donors (Lipinski definition) is 0. The Labute approximate surface area is 97.5 Å². The van der Waals surface area contributed by atoms with Gasteiger partial charge >= 0.3 is 5.97 Å². The summed E-state index contributed by atoms with van der Waals surface area (Å²) in [5.41, 5.74) is 0.459. The number of ketones is 1. The zero-order valence-corrected chi connectivity index (χ0v) is 10.3. The number of rotatable bonds is 5. The summed E-state index contributed by atoms with van der Waals surface area (Å²) in [5.74, 6) is -0.0352. The molecule has 0 aromatic carbocycles. The molecule has 0 atom stereocenters. The molecule has 0 saturated carbocycles. The molecule has 0 aromatic rings. The molecule has 0 rings (SSSR count). The monoisotopic (exact) mass is 224 g/mol. The van der Waals surface area contributed by atoms with E-state index in [0.29, 0.717) is 18.1 Å². The fourth-order valence-electron chi connectivity index (χ4n) is 0.449. The van der Waals surface area contributed by atoms with E-state index >= 15 is 0 Å². The molecule has 3 nitrogen and oxygen atoms in total. The van der Waals surface area contributed by atoms with Crippen molar-refractivity contribution in [1.29, 1.82) is 0 Å². The van der Waals surface area contributed by atoms with Crippen LogP contribution in [0.2, 0.25) is 0 Å². The van der Waals surface area contributed by atoms with E-state index in [1.165, 1.54) is 12.2 Å². The summed E-state index contributed by atoms with van der Waals surface area (Å²) < 4.78 is 4.83. The van der Waals surface area contributed by atoms with Gasteiger partial charge in [-0.25, -0.2) is 4.79 Å². The first-order valence-electron chi connectivity index (χ1n) is 4.96. The van der Waals surface area contributed by atoms with E-state index in [0.717, 1.165) is 0 Å². The van der Waals surface area contributed by atoms with Crippen molar-refractivity contribution < 1.29 is 14.3 Å². The van der Waals surface area contributed by atoms with Gasteiger partial charge in [0.25, 0.3) is 0 Å². The van der Waals surface area contributed by atoms with Crippen molar-refractivity contribution in [3.63, 3.8) is 0 Å². The second-order valence-electron chi connectivity index (χ2n) is 3.58. The van der Waals surface area contributed by atoms with Gasteiger partial charge in [0.1, 0.15) is 0 Å².